The molecule has 0 aromatic carbocycles. The molecule has 3 saturated carbocycles. The third kappa shape index (κ3) is 4.91. The van der Waals surface area contributed by atoms with Crippen molar-refractivity contribution in [1.29, 1.82) is 0 Å². The topological polar surface area (TPSA) is 9.23 Å². The molecule has 0 spiro atoms. The summed E-state index contributed by atoms with van der Waals surface area (Å²) >= 11 is 0. The highest BCUT2D eigenvalue weighted by Crippen LogP contribution is 2.48. The lowest BCUT2D eigenvalue weighted by molar-refractivity contribution is -0.321. The summed E-state index contributed by atoms with van der Waals surface area (Å²) in [6.45, 7) is 0. The Morgan fingerprint density at radius 1 is 0.593 bits per heavy atom. The van der Waals surface area contributed by atoms with Crippen LogP contribution in [0.2, 0.25) is 0 Å². The Hall–Kier alpha value is -0.530. The first-order valence-electron chi connectivity index (χ1n) is 9.93. The van der Waals surface area contributed by atoms with Gasteiger partial charge in [-0.05, 0) is 63.2 Å². The van der Waals surface area contributed by atoms with Gasteiger partial charge in [0.1, 0.15) is 36.8 Å². The van der Waals surface area contributed by atoms with Gasteiger partial charge in [0, 0.05) is 6.42 Å². The van der Waals surface area contributed by atoms with Crippen LogP contribution in [0, 0.1) is 17.8 Å². The zero-order valence-corrected chi connectivity index (χ0v) is 15.1. The van der Waals surface area contributed by atoms with E-state index in [1.54, 1.807) is 0 Å². The fourth-order valence-electron chi connectivity index (χ4n) is 5.00. The van der Waals surface area contributed by atoms with Crippen LogP contribution in [-0.4, -0.2) is 43.1 Å². The van der Waals surface area contributed by atoms with Crippen LogP contribution < -0.4 is 0 Å². The van der Waals surface area contributed by atoms with Crippen molar-refractivity contribution in [2.75, 3.05) is 0 Å². The fourth-order valence-corrected chi connectivity index (χ4v) is 5.00. The summed E-state index contributed by atoms with van der Waals surface area (Å²) in [7, 11) is 0. The van der Waals surface area contributed by atoms with E-state index in [0.29, 0.717) is 25.7 Å². The minimum Gasteiger partial charge on any atom is -0.317 e. The van der Waals surface area contributed by atoms with Gasteiger partial charge < -0.3 is 4.74 Å². The molecule has 1 nitrogen and oxygen atoms in total. The summed E-state index contributed by atoms with van der Waals surface area (Å²) in [6, 6.07) is 0. The Bertz CT molecular complexity index is 471. The Morgan fingerprint density at radius 2 is 1.19 bits per heavy atom. The molecule has 8 heteroatoms. The van der Waals surface area contributed by atoms with Gasteiger partial charge in [0.05, 0.1) is 6.10 Å². The van der Waals surface area contributed by atoms with Crippen molar-refractivity contribution < 1.29 is 35.5 Å². The number of hydrogen-bond acceptors (Lipinski definition) is 1. The molecule has 3 fully saturated rings. The van der Waals surface area contributed by atoms with Gasteiger partial charge in [0.25, 0.3) is 0 Å². The predicted molar refractivity (Wildman–Crippen MR) is 86.3 cm³/mol. The first-order chi connectivity index (χ1) is 12.7. The van der Waals surface area contributed by atoms with E-state index in [0.717, 1.165) is 0 Å². The second-order valence-electron chi connectivity index (χ2n) is 8.45. The predicted octanol–water partition coefficient (Wildman–Crippen LogP) is 6.06. The molecule has 0 amide bonds. The maximum Gasteiger partial charge on any atom is 0.364 e. The maximum atomic E-state index is 14.6. The highest BCUT2D eigenvalue weighted by molar-refractivity contribution is 4.94. The molecule has 0 N–H and O–H groups in total. The molecule has 5 atom stereocenters. The molecular formula is C19H27F7O. The molecule has 3 aliphatic rings. The molecule has 5 unspecified atom stereocenters. The van der Waals surface area contributed by atoms with Gasteiger partial charge in [0.2, 0.25) is 0 Å². The first kappa shape index (κ1) is 21.2. The van der Waals surface area contributed by atoms with Crippen LogP contribution >= 0.6 is 0 Å². The van der Waals surface area contributed by atoms with Crippen LogP contribution in [0.25, 0.3) is 0 Å². The standard InChI is InChI=1S/C19H27F7O/c20-12-3-1-10(2-4-12)11-7-16(23)18(17(24)8-11)19(25,26)27-13-5-6-14(21)15(22)9-13/h10-18H,1-9H2. The van der Waals surface area contributed by atoms with E-state index in [1.165, 1.54) is 0 Å². The van der Waals surface area contributed by atoms with Crippen LogP contribution in [0.5, 0.6) is 0 Å². The van der Waals surface area contributed by atoms with E-state index < -0.39 is 55.4 Å². The number of alkyl halides is 7. The fraction of sp³-hybridized carbons (Fsp3) is 1.00. The summed E-state index contributed by atoms with van der Waals surface area (Å²) in [5, 5.41) is 0. The van der Waals surface area contributed by atoms with Gasteiger partial charge in [0.15, 0.2) is 0 Å². The van der Waals surface area contributed by atoms with Gasteiger partial charge >= 0.3 is 6.11 Å². The molecule has 0 heterocycles. The molecule has 0 aromatic rings. The lowest BCUT2D eigenvalue weighted by Crippen LogP contribution is -2.51. The molecule has 0 radical (unpaired) electrons. The lowest BCUT2D eigenvalue weighted by atomic mass is 9.69. The van der Waals surface area contributed by atoms with Crippen molar-refractivity contribution in [3.8, 4) is 0 Å². The highest BCUT2D eigenvalue weighted by atomic mass is 19.3. The number of rotatable bonds is 4. The summed E-state index contributed by atoms with van der Waals surface area (Å²) in [5.74, 6) is -2.67. The van der Waals surface area contributed by atoms with E-state index in [2.05, 4.69) is 4.74 Å². The zero-order chi connectivity index (χ0) is 19.8. The average Bonchev–Trinajstić information content (AvgIpc) is 2.57. The second kappa shape index (κ2) is 8.46. The average molecular weight is 404 g/mol. The molecule has 0 aromatic heterocycles. The summed E-state index contributed by atoms with van der Waals surface area (Å²) < 4.78 is 102. The monoisotopic (exact) mass is 404 g/mol. The SMILES string of the molecule is FC1CCC(C2CC(F)C(C(F)(F)OC3CCC(F)C(F)C3)C(F)C2)CC1. The van der Waals surface area contributed by atoms with Crippen molar-refractivity contribution >= 4 is 0 Å². The van der Waals surface area contributed by atoms with Crippen LogP contribution in [0.4, 0.5) is 30.7 Å². The highest BCUT2D eigenvalue weighted by Gasteiger charge is 2.56. The molecule has 27 heavy (non-hydrogen) atoms. The van der Waals surface area contributed by atoms with E-state index in [9.17, 15) is 30.7 Å². The third-order valence-electron chi connectivity index (χ3n) is 6.56. The molecule has 3 rings (SSSR count). The molecule has 0 bridgehead atoms. The van der Waals surface area contributed by atoms with Crippen molar-refractivity contribution in [1.82, 2.24) is 0 Å². The summed E-state index contributed by atoms with van der Waals surface area (Å²) in [5.41, 5.74) is 0. The van der Waals surface area contributed by atoms with Crippen LogP contribution in [-0.2, 0) is 4.74 Å². The molecular weight excluding hydrogens is 377 g/mol. The van der Waals surface area contributed by atoms with E-state index in [4.69, 9.17) is 0 Å². The number of ether oxygens (including phenoxy) is 1. The Morgan fingerprint density at radius 3 is 1.74 bits per heavy atom. The third-order valence-corrected chi connectivity index (χ3v) is 6.56. The molecule has 3 aliphatic carbocycles. The van der Waals surface area contributed by atoms with Crippen molar-refractivity contribution in [3.05, 3.63) is 0 Å². The quantitative estimate of drug-likeness (QED) is 0.518. The van der Waals surface area contributed by atoms with Gasteiger partial charge in [-0.3, -0.25) is 0 Å². The van der Waals surface area contributed by atoms with Gasteiger partial charge in [-0.25, -0.2) is 22.0 Å². The van der Waals surface area contributed by atoms with Crippen molar-refractivity contribution in [2.45, 2.75) is 101 Å². The van der Waals surface area contributed by atoms with Gasteiger partial charge in [-0.1, -0.05) is 0 Å². The second-order valence-corrected chi connectivity index (χ2v) is 8.45. The van der Waals surface area contributed by atoms with Gasteiger partial charge in [-0.2, -0.15) is 8.78 Å². The Balaban J connectivity index is 1.59. The van der Waals surface area contributed by atoms with Crippen LogP contribution in [0.1, 0.15) is 57.8 Å². The summed E-state index contributed by atoms with van der Waals surface area (Å²) in [4.78, 5) is 0. The van der Waals surface area contributed by atoms with Crippen LogP contribution in [0.15, 0.2) is 0 Å². The number of hydrogen-bond donors (Lipinski definition) is 0. The van der Waals surface area contributed by atoms with Crippen LogP contribution in [0.3, 0.4) is 0 Å². The number of halogens is 7. The first-order valence-corrected chi connectivity index (χ1v) is 9.93. The lowest BCUT2D eigenvalue weighted by Gasteiger charge is -2.43. The van der Waals surface area contributed by atoms with Crippen molar-refractivity contribution in [2.24, 2.45) is 17.8 Å². The Kier molecular flexibility index (Phi) is 6.63. The van der Waals surface area contributed by atoms with Crippen molar-refractivity contribution in [3.63, 3.8) is 0 Å². The van der Waals surface area contributed by atoms with E-state index in [1.807, 2.05) is 0 Å². The summed E-state index contributed by atoms with van der Waals surface area (Å²) in [6.07, 6.45) is -13.6. The normalized spacial score (nSPS) is 47.0. The van der Waals surface area contributed by atoms with Gasteiger partial charge in [-0.15, -0.1) is 0 Å². The molecule has 0 aliphatic heterocycles. The van der Waals surface area contributed by atoms with E-state index in [-0.39, 0.29) is 37.5 Å². The maximum absolute atomic E-state index is 14.6. The minimum atomic E-state index is -4.08. The smallest absolute Gasteiger partial charge is 0.317 e. The Labute approximate surface area is 155 Å². The minimum absolute atomic E-state index is 0.0453. The van der Waals surface area contributed by atoms with E-state index >= 15 is 0 Å². The largest absolute Gasteiger partial charge is 0.364 e. The molecule has 158 valence electrons. The molecule has 0 saturated heterocycles. The zero-order valence-electron chi connectivity index (χ0n) is 15.1.